The van der Waals surface area contributed by atoms with Gasteiger partial charge in [0, 0.05) is 39.9 Å². The van der Waals surface area contributed by atoms with Gasteiger partial charge in [-0.1, -0.05) is 30.3 Å². The van der Waals surface area contributed by atoms with Crippen molar-refractivity contribution in [1.29, 1.82) is 0 Å². The first-order valence-electron chi connectivity index (χ1n) is 8.04. The number of nitrogens with one attached hydrogen (secondary N) is 2. The Morgan fingerprint density at radius 3 is 2.52 bits per heavy atom. The highest BCUT2D eigenvalue weighted by molar-refractivity contribution is 14.0. The van der Waals surface area contributed by atoms with Gasteiger partial charge in [-0.25, -0.2) is 4.39 Å². The van der Waals surface area contributed by atoms with Crippen molar-refractivity contribution in [3.8, 4) is 0 Å². The van der Waals surface area contributed by atoms with E-state index in [0.717, 1.165) is 5.69 Å². The lowest BCUT2D eigenvalue weighted by atomic mass is 10.1. The molecule has 6 heteroatoms. The van der Waals surface area contributed by atoms with Crippen LogP contribution in [0.2, 0.25) is 0 Å². The molecule has 2 rings (SSSR count). The van der Waals surface area contributed by atoms with E-state index in [1.807, 2.05) is 26.2 Å². The third kappa shape index (κ3) is 6.89. The minimum Gasteiger partial charge on any atom is -0.378 e. The Bertz CT molecular complexity index is 689. The summed E-state index contributed by atoms with van der Waals surface area (Å²) in [5.41, 5.74) is 3.05. The second-order valence-electron chi connectivity index (χ2n) is 5.76. The number of benzene rings is 2. The number of nitrogens with zero attached hydrogens (tertiary/aromatic N) is 2. The Balaban J connectivity index is 0.00000312. The lowest BCUT2D eigenvalue weighted by molar-refractivity contribution is 0.606. The number of rotatable bonds is 6. The van der Waals surface area contributed by atoms with E-state index in [-0.39, 0.29) is 29.8 Å². The predicted octanol–water partition coefficient (Wildman–Crippen LogP) is 3.42. The van der Waals surface area contributed by atoms with Gasteiger partial charge in [0.05, 0.1) is 0 Å². The van der Waals surface area contributed by atoms with Crippen molar-refractivity contribution in [2.45, 2.75) is 13.0 Å². The molecule has 0 heterocycles. The average Bonchev–Trinajstić information content (AvgIpc) is 2.59. The number of hydrogen-bond acceptors (Lipinski definition) is 2. The fourth-order valence-corrected chi connectivity index (χ4v) is 2.37. The molecule has 0 aromatic heterocycles. The van der Waals surface area contributed by atoms with Gasteiger partial charge in [-0.3, -0.25) is 4.99 Å². The van der Waals surface area contributed by atoms with Crippen molar-refractivity contribution < 1.29 is 4.39 Å². The van der Waals surface area contributed by atoms with Gasteiger partial charge in [-0.05, 0) is 35.7 Å². The van der Waals surface area contributed by atoms with E-state index < -0.39 is 0 Å². The Kier molecular flexibility index (Phi) is 9.26. The summed E-state index contributed by atoms with van der Waals surface area (Å²) < 4.78 is 13.6. The largest absolute Gasteiger partial charge is 0.378 e. The molecular formula is C19H26FIN4. The van der Waals surface area contributed by atoms with Gasteiger partial charge in [-0.15, -0.1) is 24.0 Å². The van der Waals surface area contributed by atoms with Crippen LogP contribution in [-0.4, -0.2) is 33.6 Å². The highest BCUT2D eigenvalue weighted by Crippen LogP contribution is 2.13. The third-order valence-corrected chi connectivity index (χ3v) is 3.76. The molecule has 0 unspecified atom stereocenters. The molecule has 0 saturated heterocycles. The third-order valence-electron chi connectivity index (χ3n) is 3.76. The van der Waals surface area contributed by atoms with Crippen LogP contribution in [0.15, 0.2) is 53.5 Å². The molecule has 0 radical (unpaired) electrons. The summed E-state index contributed by atoms with van der Waals surface area (Å²) in [4.78, 5) is 6.28. The predicted molar refractivity (Wildman–Crippen MR) is 114 cm³/mol. The molecule has 0 aliphatic carbocycles. The molecule has 0 saturated carbocycles. The van der Waals surface area contributed by atoms with Crippen LogP contribution in [0.25, 0.3) is 0 Å². The molecule has 0 fully saturated rings. The van der Waals surface area contributed by atoms with E-state index in [1.54, 1.807) is 19.2 Å². The molecule has 25 heavy (non-hydrogen) atoms. The number of anilines is 1. The smallest absolute Gasteiger partial charge is 0.191 e. The molecule has 0 aliphatic rings. The summed E-state index contributed by atoms with van der Waals surface area (Å²) in [6.07, 6.45) is 0.615. The Labute approximate surface area is 166 Å². The topological polar surface area (TPSA) is 39.7 Å². The van der Waals surface area contributed by atoms with Gasteiger partial charge >= 0.3 is 0 Å². The van der Waals surface area contributed by atoms with E-state index in [1.165, 1.54) is 11.6 Å². The molecule has 0 aliphatic heterocycles. The van der Waals surface area contributed by atoms with Crippen LogP contribution in [0.1, 0.15) is 11.1 Å². The highest BCUT2D eigenvalue weighted by Gasteiger charge is 2.03. The molecule has 0 amide bonds. The van der Waals surface area contributed by atoms with Crippen molar-refractivity contribution in [3.05, 3.63) is 65.5 Å². The van der Waals surface area contributed by atoms with Crippen molar-refractivity contribution in [3.63, 3.8) is 0 Å². The van der Waals surface area contributed by atoms with Crippen LogP contribution in [0.3, 0.4) is 0 Å². The quantitative estimate of drug-likeness (QED) is 0.398. The maximum atomic E-state index is 13.6. The summed E-state index contributed by atoms with van der Waals surface area (Å²) in [5.74, 6) is 0.546. The monoisotopic (exact) mass is 456 g/mol. The molecule has 0 atom stereocenters. The standard InChI is InChI=1S/C19H25FN4.HI/c1-21-19(22-12-11-16-8-4-5-10-18(16)20)23-14-15-7-6-9-17(13-15)24(2)3;/h4-10,13H,11-12,14H2,1-3H3,(H2,21,22,23);1H. The number of hydrogen-bond donors (Lipinski definition) is 2. The van der Waals surface area contributed by atoms with Crippen molar-refractivity contribution in [2.75, 3.05) is 32.6 Å². The van der Waals surface area contributed by atoms with E-state index >= 15 is 0 Å². The van der Waals surface area contributed by atoms with Crippen LogP contribution < -0.4 is 15.5 Å². The minimum atomic E-state index is -0.164. The zero-order chi connectivity index (χ0) is 17.4. The van der Waals surface area contributed by atoms with Crippen LogP contribution in [0, 0.1) is 5.82 Å². The molecule has 4 nitrogen and oxygen atoms in total. The van der Waals surface area contributed by atoms with E-state index in [4.69, 9.17) is 0 Å². The molecule has 0 bridgehead atoms. The number of aliphatic imine (C=N–C) groups is 1. The van der Waals surface area contributed by atoms with E-state index in [2.05, 4.69) is 38.7 Å². The number of guanidine groups is 1. The summed E-state index contributed by atoms with van der Waals surface area (Å²) in [6, 6.07) is 15.2. The summed E-state index contributed by atoms with van der Waals surface area (Å²) >= 11 is 0. The second-order valence-corrected chi connectivity index (χ2v) is 5.76. The Morgan fingerprint density at radius 2 is 1.84 bits per heavy atom. The van der Waals surface area contributed by atoms with Gasteiger partial charge in [0.2, 0.25) is 0 Å². The Morgan fingerprint density at radius 1 is 1.08 bits per heavy atom. The average molecular weight is 456 g/mol. The molecule has 136 valence electrons. The molecule has 2 aromatic rings. The number of halogens is 2. The maximum Gasteiger partial charge on any atom is 0.191 e. The van der Waals surface area contributed by atoms with Crippen molar-refractivity contribution in [2.24, 2.45) is 4.99 Å². The van der Waals surface area contributed by atoms with Crippen LogP contribution in [0.4, 0.5) is 10.1 Å². The zero-order valence-electron chi connectivity index (χ0n) is 14.9. The maximum absolute atomic E-state index is 13.6. The zero-order valence-corrected chi connectivity index (χ0v) is 17.3. The summed E-state index contributed by atoms with van der Waals surface area (Å²) in [5, 5.41) is 6.49. The van der Waals surface area contributed by atoms with Gasteiger partial charge in [0.25, 0.3) is 0 Å². The van der Waals surface area contributed by atoms with Crippen molar-refractivity contribution >= 4 is 35.6 Å². The van der Waals surface area contributed by atoms with Crippen LogP contribution in [-0.2, 0) is 13.0 Å². The van der Waals surface area contributed by atoms with E-state index in [0.29, 0.717) is 31.0 Å². The molecule has 0 spiro atoms. The van der Waals surface area contributed by atoms with Crippen molar-refractivity contribution in [1.82, 2.24) is 10.6 Å². The van der Waals surface area contributed by atoms with Crippen LogP contribution >= 0.6 is 24.0 Å². The van der Waals surface area contributed by atoms with Gasteiger partial charge in [-0.2, -0.15) is 0 Å². The first-order chi connectivity index (χ1) is 11.6. The van der Waals surface area contributed by atoms with E-state index in [9.17, 15) is 4.39 Å². The normalized spacial score (nSPS) is 10.8. The fraction of sp³-hybridized carbons (Fsp3) is 0.316. The van der Waals surface area contributed by atoms with Gasteiger partial charge in [0.1, 0.15) is 5.82 Å². The fourth-order valence-electron chi connectivity index (χ4n) is 2.37. The summed E-state index contributed by atoms with van der Waals surface area (Å²) in [6.45, 7) is 1.30. The SMILES string of the molecule is CN=C(NCCc1ccccc1F)NCc1cccc(N(C)C)c1.I. The molecule has 2 N–H and O–H groups in total. The lowest BCUT2D eigenvalue weighted by Gasteiger charge is -2.15. The minimum absolute atomic E-state index is 0. The first kappa shape index (κ1) is 21.2. The Hall–Kier alpha value is -1.83. The highest BCUT2D eigenvalue weighted by atomic mass is 127. The van der Waals surface area contributed by atoms with Gasteiger partial charge in [0.15, 0.2) is 5.96 Å². The van der Waals surface area contributed by atoms with Gasteiger partial charge < -0.3 is 15.5 Å². The van der Waals surface area contributed by atoms with Crippen LogP contribution in [0.5, 0.6) is 0 Å². The second kappa shape index (κ2) is 10.9. The first-order valence-corrected chi connectivity index (χ1v) is 8.04. The summed E-state index contributed by atoms with van der Waals surface area (Å²) in [7, 11) is 5.78. The molecule has 2 aromatic carbocycles. The molecular weight excluding hydrogens is 430 g/mol. The lowest BCUT2D eigenvalue weighted by Crippen LogP contribution is -2.37.